The number of rotatable bonds is 2. The van der Waals surface area contributed by atoms with E-state index in [4.69, 9.17) is 4.74 Å². The minimum absolute atomic E-state index is 0.622. The molecule has 68 valence electrons. The molecule has 0 unspecified atom stereocenters. The van der Waals surface area contributed by atoms with Gasteiger partial charge in [-0.2, -0.15) is 0 Å². The molecule has 1 heterocycles. The molecule has 0 aliphatic rings. The average Bonchev–Trinajstić information content (AvgIpc) is 2.23. The predicted octanol–water partition coefficient (Wildman–Crippen LogP) is 0.842. The summed E-state index contributed by atoms with van der Waals surface area (Å²) in [5.41, 5.74) is 3.91. The van der Waals surface area contributed by atoms with Crippen molar-refractivity contribution < 1.29 is 9.42 Å². The maximum Gasteiger partial charge on any atom is 0.207 e. The molecule has 0 amide bonds. The van der Waals surface area contributed by atoms with Crippen molar-refractivity contribution in [3.8, 4) is 0 Å². The molecule has 0 fully saturated rings. The molecule has 3 nitrogen and oxygen atoms in total. The molecule has 1 rings (SSSR count). The lowest BCUT2D eigenvalue weighted by molar-refractivity contribution is -0.762. The quantitative estimate of drug-likeness (QED) is 0.600. The fourth-order valence-corrected chi connectivity index (χ4v) is 1.41. The summed E-state index contributed by atoms with van der Waals surface area (Å²) < 4.78 is 9.33. The SMILES string of the molecule is COCn1c(C)c(C)c(C)[n+]1C. The lowest BCUT2D eigenvalue weighted by Gasteiger charge is -1.99. The third kappa shape index (κ3) is 1.25. The topological polar surface area (TPSA) is 18.0 Å². The number of ether oxygens (including phenoxy) is 1. The average molecular weight is 169 g/mol. The molecule has 3 heteroatoms. The van der Waals surface area contributed by atoms with Crippen molar-refractivity contribution in [2.75, 3.05) is 7.11 Å². The zero-order valence-corrected chi connectivity index (χ0v) is 8.51. The Morgan fingerprint density at radius 3 is 2.25 bits per heavy atom. The summed E-state index contributed by atoms with van der Waals surface area (Å²) in [6.07, 6.45) is 0. The van der Waals surface area contributed by atoms with Crippen molar-refractivity contribution >= 4 is 0 Å². The Morgan fingerprint density at radius 2 is 1.92 bits per heavy atom. The lowest BCUT2D eigenvalue weighted by atomic mass is 10.2. The number of methoxy groups -OCH3 is 1. The Labute approximate surface area is 73.6 Å². The molecule has 0 radical (unpaired) electrons. The lowest BCUT2D eigenvalue weighted by Crippen LogP contribution is -2.41. The Balaban J connectivity index is 3.18. The van der Waals surface area contributed by atoms with E-state index in [9.17, 15) is 0 Å². The van der Waals surface area contributed by atoms with Gasteiger partial charge in [0.25, 0.3) is 0 Å². The van der Waals surface area contributed by atoms with Crippen LogP contribution in [0, 0.1) is 20.8 Å². The molecule has 0 aliphatic carbocycles. The first-order valence-corrected chi connectivity index (χ1v) is 4.11. The van der Waals surface area contributed by atoms with Crippen molar-refractivity contribution in [3.63, 3.8) is 0 Å². The van der Waals surface area contributed by atoms with Gasteiger partial charge < -0.3 is 4.74 Å². The summed E-state index contributed by atoms with van der Waals surface area (Å²) in [5, 5.41) is 0. The molecule has 0 N–H and O–H groups in total. The van der Waals surface area contributed by atoms with Gasteiger partial charge in [0.05, 0.1) is 5.69 Å². The molecule has 0 aromatic carbocycles. The van der Waals surface area contributed by atoms with Crippen molar-refractivity contribution in [1.82, 2.24) is 4.68 Å². The number of hydrogen-bond donors (Lipinski definition) is 0. The van der Waals surface area contributed by atoms with Crippen LogP contribution in [-0.4, -0.2) is 11.8 Å². The van der Waals surface area contributed by atoms with Crippen LogP contribution in [-0.2, 0) is 18.5 Å². The molecule has 0 bridgehead atoms. The van der Waals surface area contributed by atoms with Gasteiger partial charge >= 0.3 is 0 Å². The minimum atomic E-state index is 0.622. The first-order chi connectivity index (χ1) is 5.59. The summed E-state index contributed by atoms with van der Waals surface area (Å²) in [6.45, 7) is 6.99. The summed E-state index contributed by atoms with van der Waals surface area (Å²) >= 11 is 0. The third-order valence-electron chi connectivity index (χ3n) is 2.57. The van der Waals surface area contributed by atoms with Gasteiger partial charge in [-0.05, 0) is 13.8 Å². The van der Waals surface area contributed by atoms with Crippen molar-refractivity contribution in [2.24, 2.45) is 7.05 Å². The molecule has 0 saturated carbocycles. The highest BCUT2D eigenvalue weighted by molar-refractivity contribution is 5.17. The summed E-state index contributed by atoms with van der Waals surface area (Å²) in [4.78, 5) is 0. The van der Waals surface area contributed by atoms with Crippen LogP contribution >= 0.6 is 0 Å². The maximum absolute atomic E-state index is 5.10. The third-order valence-corrected chi connectivity index (χ3v) is 2.57. The van der Waals surface area contributed by atoms with Crippen LogP contribution in [0.5, 0.6) is 0 Å². The second-order valence-corrected chi connectivity index (χ2v) is 3.14. The summed E-state index contributed by atoms with van der Waals surface area (Å²) in [5.74, 6) is 0. The highest BCUT2D eigenvalue weighted by Gasteiger charge is 2.17. The fraction of sp³-hybridized carbons (Fsp3) is 0.667. The molecular formula is C9H17N2O+. The van der Waals surface area contributed by atoms with E-state index in [0.29, 0.717) is 6.73 Å². The number of nitrogens with zero attached hydrogens (tertiary/aromatic N) is 2. The largest absolute Gasteiger partial charge is 0.358 e. The monoisotopic (exact) mass is 169 g/mol. The Hall–Kier alpha value is -0.830. The van der Waals surface area contributed by atoms with Crippen molar-refractivity contribution in [1.29, 1.82) is 0 Å². The van der Waals surface area contributed by atoms with Crippen molar-refractivity contribution in [3.05, 3.63) is 17.0 Å². The molecule has 0 aliphatic heterocycles. The van der Waals surface area contributed by atoms with Crippen LogP contribution < -0.4 is 4.68 Å². The predicted molar refractivity (Wildman–Crippen MR) is 46.8 cm³/mol. The van der Waals surface area contributed by atoms with Gasteiger partial charge in [0, 0.05) is 19.6 Å². The Bertz CT molecular complexity index is 264. The fourth-order valence-electron chi connectivity index (χ4n) is 1.41. The summed E-state index contributed by atoms with van der Waals surface area (Å²) in [6, 6.07) is 0. The van der Waals surface area contributed by atoms with E-state index in [1.54, 1.807) is 7.11 Å². The first-order valence-electron chi connectivity index (χ1n) is 4.11. The second-order valence-electron chi connectivity index (χ2n) is 3.14. The molecule has 12 heavy (non-hydrogen) atoms. The highest BCUT2D eigenvalue weighted by atomic mass is 16.5. The van der Waals surface area contributed by atoms with Crippen molar-refractivity contribution in [2.45, 2.75) is 27.5 Å². The van der Waals surface area contributed by atoms with Crippen LogP contribution in [0.4, 0.5) is 0 Å². The van der Waals surface area contributed by atoms with Crippen LogP contribution in [0.2, 0.25) is 0 Å². The van der Waals surface area contributed by atoms with Gasteiger partial charge in [0.2, 0.25) is 5.69 Å². The molecule has 0 spiro atoms. The van der Waals surface area contributed by atoms with E-state index in [1.807, 2.05) is 7.05 Å². The summed E-state index contributed by atoms with van der Waals surface area (Å²) in [7, 11) is 3.76. The molecule has 1 aromatic heterocycles. The van der Waals surface area contributed by atoms with E-state index in [1.165, 1.54) is 17.0 Å². The highest BCUT2D eigenvalue weighted by Crippen LogP contribution is 2.08. The second kappa shape index (κ2) is 3.27. The molecule has 0 saturated heterocycles. The van der Waals surface area contributed by atoms with E-state index in [2.05, 4.69) is 30.1 Å². The number of hydrogen-bond acceptors (Lipinski definition) is 1. The van der Waals surface area contributed by atoms with Crippen LogP contribution in [0.3, 0.4) is 0 Å². The van der Waals surface area contributed by atoms with Gasteiger partial charge in [0.15, 0.2) is 13.8 Å². The standard InChI is InChI=1S/C9H17N2O/c1-7-8(2)10(4)11(6-12-5)9(7)3/h6H2,1-5H3/q+1. The molecule has 1 aromatic rings. The molecule has 0 atom stereocenters. The van der Waals surface area contributed by atoms with Crippen LogP contribution in [0.1, 0.15) is 17.0 Å². The maximum atomic E-state index is 5.10. The Kier molecular flexibility index (Phi) is 2.52. The van der Waals surface area contributed by atoms with Gasteiger partial charge in [-0.3, -0.25) is 0 Å². The van der Waals surface area contributed by atoms with Gasteiger partial charge in [0.1, 0.15) is 0 Å². The normalized spacial score (nSPS) is 10.8. The van der Waals surface area contributed by atoms with E-state index >= 15 is 0 Å². The minimum Gasteiger partial charge on any atom is -0.358 e. The first kappa shape index (κ1) is 9.26. The smallest absolute Gasteiger partial charge is 0.207 e. The molecular weight excluding hydrogens is 152 g/mol. The van der Waals surface area contributed by atoms with E-state index in [0.717, 1.165) is 0 Å². The van der Waals surface area contributed by atoms with Gasteiger partial charge in [-0.25, -0.2) is 0 Å². The van der Waals surface area contributed by atoms with Crippen LogP contribution in [0.25, 0.3) is 0 Å². The van der Waals surface area contributed by atoms with E-state index < -0.39 is 0 Å². The zero-order valence-electron chi connectivity index (χ0n) is 8.51. The van der Waals surface area contributed by atoms with Gasteiger partial charge in [-0.15, -0.1) is 9.36 Å². The van der Waals surface area contributed by atoms with Gasteiger partial charge in [-0.1, -0.05) is 0 Å². The Morgan fingerprint density at radius 1 is 1.33 bits per heavy atom. The van der Waals surface area contributed by atoms with Crippen LogP contribution in [0.15, 0.2) is 0 Å². The zero-order chi connectivity index (χ0) is 9.30. The number of aromatic nitrogens is 2. The van der Waals surface area contributed by atoms with E-state index in [-0.39, 0.29) is 0 Å².